The van der Waals surface area contributed by atoms with Crippen molar-refractivity contribution in [2.24, 2.45) is 5.73 Å². The minimum absolute atomic E-state index is 0.0715. The minimum Gasteiger partial charge on any atom is -0.330 e. The van der Waals surface area contributed by atoms with Crippen molar-refractivity contribution in [3.05, 3.63) is 21.3 Å². The van der Waals surface area contributed by atoms with Crippen molar-refractivity contribution < 1.29 is 8.78 Å². The van der Waals surface area contributed by atoms with Crippen molar-refractivity contribution >= 4 is 22.9 Å². The molecule has 1 rings (SSSR count). The second kappa shape index (κ2) is 4.16. The van der Waals surface area contributed by atoms with Crippen molar-refractivity contribution in [1.29, 1.82) is 0 Å². The van der Waals surface area contributed by atoms with Gasteiger partial charge in [0.15, 0.2) is 0 Å². The van der Waals surface area contributed by atoms with Gasteiger partial charge in [0.05, 0.1) is 10.9 Å². The quantitative estimate of drug-likeness (QED) is 0.818. The normalized spacial score (nSPS) is 13.8. The first-order valence-electron chi connectivity index (χ1n) is 3.38. The lowest BCUT2D eigenvalue weighted by molar-refractivity contribution is 0.118. The molecule has 0 aromatic carbocycles. The molecule has 0 bridgehead atoms. The van der Waals surface area contributed by atoms with Gasteiger partial charge in [-0.25, -0.2) is 8.78 Å². The molecule has 0 amide bonds. The van der Waals surface area contributed by atoms with Gasteiger partial charge in [-0.2, -0.15) is 0 Å². The lowest BCUT2D eigenvalue weighted by Crippen LogP contribution is -2.18. The van der Waals surface area contributed by atoms with E-state index in [0.29, 0.717) is 9.90 Å². The Bertz CT molecular complexity index is 251. The zero-order valence-electron chi connectivity index (χ0n) is 6.14. The van der Waals surface area contributed by atoms with Gasteiger partial charge in [-0.05, 0) is 11.4 Å². The summed E-state index contributed by atoms with van der Waals surface area (Å²) >= 11 is 6.90. The first-order valence-corrected chi connectivity index (χ1v) is 4.63. The van der Waals surface area contributed by atoms with Gasteiger partial charge in [0.25, 0.3) is 0 Å². The van der Waals surface area contributed by atoms with Gasteiger partial charge in [0, 0.05) is 11.4 Å². The van der Waals surface area contributed by atoms with E-state index in [1.165, 1.54) is 11.3 Å². The first-order chi connectivity index (χ1) is 5.66. The third-order valence-electron chi connectivity index (χ3n) is 1.54. The summed E-state index contributed by atoms with van der Waals surface area (Å²) in [4.78, 5) is 0.481. The van der Waals surface area contributed by atoms with Crippen molar-refractivity contribution in [2.45, 2.75) is 12.3 Å². The molecule has 0 saturated heterocycles. The highest BCUT2D eigenvalue weighted by atomic mass is 35.5. The Morgan fingerprint density at radius 2 is 2.25 bits per heavy atom. The van der Waals surface area contributed by atoms with E-state index in [0.717, 1.165) is 0 Å². The zero-order valence-corrected chi connectivity index (χ0v) is 7.71. The molecule has 1 atom stereocenters. The molecule has 0 saturated carbocycles. The van der Waals surface area contributed by atoms with Crippen LogP contribution in [0.15, 0.2) is 11.4 Å². The standard InChI is InChI=1S/C7H8ClF2NS/c8-5-1-2-12-6(5)4(3-11)7(9)10/h1-2,4,7H,3,11H2. The summed E-state index contributed by atoms with van der Waals surface area (Å²) in [5, 5.41) is 2.07. The summed E-state index contributed by atoms with van der Waals surface area (Å²) < 4.78 is 24.6. The molecule has 0 spiro atoms. The SMILES string of the molecule is NCC(c1sccc1Cl)C(F)F. The minimum atomic E-state index is -2.44. The van der Waals surface area contributed by atoms with Crippen LogP contribution in [0.1, 0.15) is 10.8 Å². The Labute approximate surface area is 78.1 Å². The fraction of sp³-hybridized carbons (Fsp3) is 0.429. The molecule has 0 radical (unpaired) electrons. The molecule has 1 unspecified atom stereocenters. The average molecular weight is 212 g/mol. The van der Waals surface area contributed by atoms with Crippen LogP contribution in [-0.4, -0.2) is 13.0 Å². The summed E-state index contributed by atoms with van der Waals surface area (Å²) in [5.74, 6) is -0.919. The highest BCUT2D eigenvalue weighted by molar-refractivity contribution is 7.10. The zero-order chi connectivity index (χ0) is 9.14. The van der Waals surface area contributed by atoms with E-state index in [4.69, 9.17) is 17.3 Å². The number of alkyl halides is 2. The summed E-state index contributed by atoms with van der Waals surface area (Å²) in [6.45, 7) is -0.0715. The van der Waals surface area contributed by atoms with Crippen LogP contribution in [-0.2, 0) is 0 Å². The number of nitrogens with two attached hydrogens (primary N) is 1. The molecule has 5 heteroatoms. The maximum atomic E-state index is 12.3. The lowest BCUT2D eigenvalue weighted by Gasteiger charge is -2.11. The van der Waals surface area contributed by atoms with Crippen LogP contribution in [0.5, 0.6) is 0 Å². The maximum absolute atomic E-state index is 12.3. The van der Waals surface area contributed by atoms with E-state index in [9.17, 15) is 8.78 Å². The molecule has 1 nitrogen and oxygen atoms in total. The number of thiophene rings is 1. The smallest absolute Gasteiger partial charge is 0.247 e. The Kier molecular flexibility index (Phi) is 3.43. The van der Waals surface area contributed by atoms with E-state index in [1.54, 1.807) is 11.4 Å². The molecule has 0 aliphatic carbocycles. The Balaban J connectivity index is 2.87. The Morgan fingerprint density at radius 3 is 2.58 bits per heavy atom. The molecule has 2 N–H and O–H groups in total. The highest BCUT2D eigenvalue weighted by Gasteiger charge is 2.23. The largest absolute Gasteiger partial charge is 0.330 e. The predicted molar refractivity (Wildman–Crippen MR) is 47.1 cm³/mol. The predicted octanol–water partition coefficient (Wildman–Crippen LogP) is 2.71. The third kappa shape index (κ3) is 1.94. The van der Waals surface area contributed by atoms with Crippen molar-refractivity contribution in [1.82, 2.24) is 0 Å². The van der Waals surface area contributed by atoms with Crippen LogP contribution in [0.25, 0.3) is 0 Å². The lowest BCUT2D eigenvalue weighted by atomic mass is 10.1. The van der Waals surface area contributed by atoms with Crippen molar-refractivity contribution in [2.75, 3.05) is 6.54 Å². The summed E-state index contributed by atoms with van der Waals surface area (Å²) in [5.41, 5.74) is 5.20. The molecule has 1 aromatic heterocycles. The van der Waals surface area contributed by atoms with Crippen LogP contribution < -0.4 is 5.73 Å². The van der Waals surface area contributed by atoms with Crippen LogP contribution in [0.2, 0.25) is 5.02 Å². The van der Waals surface area contributed by atoms with Gasteiger partial charge in [-0.1, -0.05) is 11.6 Å². The molecule has 12 heavy (non-hydrogen) atoms. The molecule has 0 fully saturated rings. The Hall–Kier alpha value is -0.190. The average Bonchev–Trinajstić information content (AvgIpc) is 2.38. The van der Waals surface area contributed by atoms with Crippen LogP contribution >= 0.6 is 22.9 Å². The maximum Gasteiger partial charge on any atom is 0.247 e. The van der Waals surface area contributed by atoms with Gasteiger partial charge < -0.3 is 5.73 Å². The van der Waals surface area contributed by atoms with E-state index in [1.807, 2.05) is 0 Å². The first kappa shape index (κ1) is 9.89. The molecular formula is C7H8ClF2NS. The molecule has 68 valence electrons. The fourth-order valence-electron chi connectivity index (χ4n) is 0.894. The van der Waals surface area contributed by atoms with E-state index < -0.39 is 12.3 Å². The molecule has 1 heterocycles. The van der Waals surface area contributed by atoms with Gasteiger partial charge >= 0.3 is 0 Å². The fourth-order valence-corrected chi connectivity index (χ4v) is 2.21. The summed E-state index contributed by atoms with van der Waals surface area (Å²) in [7, 11) is 0. The van der Waals surface area contributed by atoms with E-state index >= 15 is 0 Å². The third-order valence-corrected chi connectivity index (χ3v) is 3.03. The second-order valence-corrected chi connectivity index (χ2v) is 3.66. The number of halogens is 3. The van der Waals surface area contributed by atoms with E-state index in [2.05, 4.69) is 0 Å². The van der Waals surface area contributed by atoms with Gasteiger partial charge in [0.1, 0.15) is 0 Å². The van der Waals surface area contributed by atoms with Crippen LogP contribution in [0.4, 0.5) is 8.78 Å². The van der Waals surface area contributed by atoms with Crippen LogP contribution in [0.3, 0.4) is 0 Å². The second-order valence-electron chi connectivity index (χ2n) is 2.31. The molecular weight excluding hydrogens is 204 g/mol. The van der Waals surface area contributed by atoms with E-state index in [-0.39, 0.29) is 6.54 Å². The van der Waals surface area contributed by atoms with Crippen LogP contribution in [0, 0.1) is 0 Å². The van der Waals surface area contributed by atoms with Gasteiger partial charge in [-0.15, -0.1) is 11.3 Å². The van der Waals surface area contributed by atoms with Gasteiger partial charge in [0.2, 0.25) is 6.43 Å². The summed E-state index contributed by atoms with van der Waals surface area (Å²) in [6, 6.07) is 1.60. The molecule has 0 aliphatic heterocycles. The molecule has 0 aliphatic rings. The van der Waals surface area contributed by atoms with Crippen molar-refractivity contribution in [3.63, 3.8) is 0 Å². The topological polar surface area (TPSA) is 26.0 Å². The summed E-state index contributed by atoms with van der Waals surface area (Å²) in [6.07, 6.45) is -2.44. The van der Waals surface area contributed by atoms with Crippen molar-refractivity contribution in [3.8, 4) is 0 Å². The monoisotopic (exact) mass is 211 g/mol. The van der Waals surface area contributed by atoms with Gasteiger partial charge in [-0.3, -0.25) is 0 Å². The number of hydrogen-bond donors (Lipinski definition) is 1. The number of rotatable bonds is 3. The number of hydrogen-bond acceptors (Lipinski definition) is 2. The molecule has 1 aromatic rings. The highest BCUT2D eigenvalue weighted by Crippen LogP contribution is 2.32. The Morgan fingerprint density at radius 1 is 1.58 bits per heavy atom.